The largest absolute Gasteiger partial charge is 0.264 e. The number of hydrogen-bond donors (Lipinski definition) is 0. The van der Waals surface area contributed by atoms with Crippen LogP contribution in [-0.2, 0) is 0 Å². The predicted molar refractivity (Wildman–Crippen MR) is 56.6 cm³/mol. The van der Waals surface area contributed by atoms with Crippen molar-refractivity contribution in [2.75, 3.05) is 0 Å². The van der Waals surface area contributed by atoms with Crippen molar-refractivity contribution in [3.05, 3.63) is 31.3 Å². The fourth-order valence-corrected chi connectivity index (χ4v) is 2.26. The second-order valence-electron chi connectivity index (χ2n) is 2.38. The third-order valence-electron chi connectivity index (χ3n) is 1.59. The van der Waals surface area contributed by atoms with E-state index >= 15 is 0 Å². The van der Waals surface area contributed by atoms with Crippen LogP contribution in [0.4, 0.5) is 8.78 Å². The minimum atomic E-state index is -2.39. The monoisotopic (exact) mass is 346 g/mol. The van der Waals surface area contributed by atoms with Crippen molar-refractivity contribution in [1.82, 2.24) is 0 Å². The van der Waals surface area contributed by atoms with Gasteiger partial charge in [-0.05, 0) is 41.1 Å². The maximum absolute atomic E-state index is 12.3. The van der Waals surface area contributed by atoms with Gasteiger partial charge in [0.25, 0.3) is 6.43 Å². The highest BCUT2D eigenvalue weighted by molar-refractivity contribution is 14.1. The Morgan fingerprint density at radius 1 is 1.42 bits per heavy atom. The summed E-state index contributed by atoms with van der Waals surface area (Å²) >= 11 is 5.22. The van der Waals surface area contributed by atoms with Gasteiger partial charge in [0.15, 0.2) is 0 Å². The normalized spacial score (nSPS) is 10.8. The van der Waals surface area contributed by atoms with E-state index in [2.05, 4.69) is 15.9 Å². The van der Waals surface area contributed by atoms with E-state index in [1.54, 1.807) is 6.07 Å². The molecule has 12 heavy (non-hydrogen) atoms. The van der Waals surface area contributed by atoms with Crippen molar-refractivity contribution in [2.24, 2.45) is 0 Å². The van der Waals surface area contributed by atoms with Crippen molar-refractivity contribution < 1.29 is 8.78 Å². The summed E-state index contributed by atoms with van der Waals surface area (Å²) < 4.78 is 26.1. The van der Waals surface area contributed by atoms with Crippen LogP contribution in [0.3, 0.4) is 0 Å². The average molecular weight is 347 g/mol. The average Bonchev–Trinajstić information content (AvgIpc) is 2.00. The molecule has 4 heteroatoms. The van der Waals surface area contributed by atoms with Gasteiger partial charge >= 0.3 is 0 Å². The van der Waals surface area contributed by atoms with Crippen LogP contribution in [0.1, 0.15) is 17.6 Å². The number of halogens is 4. The summed E-state index contributed by atoms with van der Waals surface area (Å²) in [6.07, 6.45) is -2.39. The van der Waals surface area contributed by atoms with E-state index in [0.29, 0.717) is 3.57 Å². The van der Waals surface area contributed by atoms with Crippen LogP contribution < -0.4 is 0 Å². The van der Waals surface area contributed by atoms with Crippen molar-refractivity contribution in [2.45, 2.75) is 13.3 Å². The molecule has 0 atom stereocenters. The maximum Gasteiger partial charge on any atom is 0.264 e. The Morgan fingerprint density at radius 3 is 2.50 bits per heavy atom. The Labute approximate surface area is 91.6 Å². The van der Waals surface area contributed by atoms with Crippen LogP contribution >= 0.6 is 38.5 Å². The van der Waals surface area contributed by atoms with Crippen LogP contribution in [-0.4, -0.2) is 0 Å². The van der Waals surface area contributed by atoms with Crippen LogP contribution in [0.15, 0.2) is 16.6 Å². The van der Waals surface area contributed by atoms with Gasteiger partial charge in [0.1, 0.15) is 0 Å². The molecule has 0 saturated heterocycles. The minimum absolute atomic E-state index is 0.108. The number of alkyl halides is 2. The molecule has 0 heterocycles. The van der Waals surface area contributed by atoms with Crippen molar-refractivity contribution in [3.63, 3.8) is 0 Å². The summed E-state index contributed by atoms with van der Waals surface area (Å²) in [6, 6.07) is 3.10. The highest BCUT2D eigenvalue weighted by Crippen LogP contribution is 2.30. The Kier molecular flexibility index (Phi) is 3.46. The molecule has 0 aliphatic heterocycles. The third kappa shape index (κ3) is 1.96. The molecule has 0 aliphatic carbocycles. The molecule has 0 aliphatic rings. The molecule has 0 radical (unpaired) electrons. The van der Waals surface area contributed by atoms with Crippen LogP contribution in [0.25, 0.3) is 0 Å². The van der Waals surface area contributed by atoms with E-state index in [1.807, 2.05) is 29.5 Å². The Morgan fingerprint density at radius 2 is 2.00 bits per heavy atom. The van der Waals surface area contributed by atoms with Gasteiger partial charge in [-0.2, -0.15) is 0 Å². The molecular formula is C8H6BrF2I. The van der Waals surface area contributed by atoms with E-state index in [-0.39, 0.29) is 5.56 Å². The summed E-state index contributed by atoms with van der Waals surface area (Å²) in [4.78, 5) is 0. The van der Waals surface area contributed by atoms with Gasteiger partial charge < -0.3 is 0 Å². The maximum atomic E-state index is 12.3. The Bertz CT molecular complexity index is 299. The first kappa shape index (κ1) is 10.4. The first-order chi connectivity index (χ1) is 5.54. The van der Waals surface area contributed by atoms with E-state index in [0.717, 1.165) is 10.0 Å². The highest BCUT2D eigenvalue weighted by atomic mass is 127. The number of hydrogen-bond acceptors (Lipinski definition) is 0. The van der Waals surface area contributed by atoms with E-state index in [9.17, 15) is 8.78 Å². The van der Waals surface area contributed by atoms with Gasteiger partial charge in [-0.3, -0.25) is 0 Å². The molecule has 0 N–H and O–H groups in total. The molecule has 1 aromatic carbocycles. The Balaban J connectivity index is 3.27. The standard InChI is InChI=1S/C8H6BrF2I/c1-4-6(9)3-2-5(7(4)12)8(10)11/h2-3,8H,1H3. The molecular weight excluding hydrogens is 341 g/mol. The van der Waals surface area contributed by atoms with Gasteiger partial charge in [-0.15, -0.1) is 0 Å². The lowest BCUT2D eigenvalue weighted by atomic mass is 10.1. The third-order valence-corrected chi connectivity index (χ3v) is 3.88. The van der Waals surface area contributed by atoms with Gasteiger partial charge in [0.2, 0.25) is 0 Å². The summed E-state index contributed by atoms with van der Waals surface area (Å²) in [5.41, 5.74) is 0.977. The molecule has 1 rings (SSSR count). The zero-order valence-corrected chi connectivity index (χ0v) is 9.99. The van der Waals surface area contributed by atoms with Gasteiger partial charge in [-0.1, -0.05) is 22.0 Å². The van der Waals surface area contributed by atoms with Gasteiger partial charge in [-0.25, -0.2) is 8.78 Å². The summed E-state index contributed by atoms with van der Waals surface area (Å²) in [5.74, 6) is 0. The molecule has 1 aromatic rings. The number of rotatable bonds is 1. The van der Waals surface area contributed by atoms with E-state index in [1.165, 1.54) is 6.07 Å². The zero-order valence-electron chi connectivity index (χ0n) is 6.24. The molecule has 66 valence electrons. The molecule has 0 saturated carbocycles. The van der Waals surface area contributed by atoms with E-state index in [4.69, 9.17) is 0 Å². The Hall–Kier alpha value is 0.290. The van der Waals surface area contributed by atoms with Crippen LogP contribution in [0.5, 0.6) is 0 Å². The molecule has 0 nitrogen and oxygen atoms in total. The lowest BCUT2D eigenvalue weighted by Crippen LogP contribution is -1.92. The molecule has 0 unspecified atom stereocenters. The predicted octanol–water partition coefficient (Wildman–Crippen LogP) is 4.30. The van der Waals surface area contributed by atoms with Crippen molar-refractivity contribution >= 4 is 38.5 Å². The number of benzene rings is 1. The van der Waals surface area contributed by atoms with Crippen molar-refractivity contribution in [3.8, 4) is 0 Å². The SMILES string of the molecule is Cc1c(Br)ccc(C(F)F)c1I. The molecule has 0 spiro atoms. The topological polar surface area (TPSA) is 0 Å². The minimum Gasteiger partial charge on any atom is -0.205 e. The molecule has 0 amide bonds. The molecule has 0 fully saturated rings. The summed E-state index contributed by atoms with van der Waals surface area (Å²) in [7, 11) is 0. The van der Waals surface area contributed by atoms with Crippen LogP contribution in [0.2, 0.25) is 0 Å². The first-order valence-corrected chi connectivity index (χ1v) is 5.14. The fourth-order valence-electron chi connectivity index (χ4n) is 0.851. The fraction of sp³-hybridized carbons (Fsp3) is 0.250. The highest BCUT2D eigenvalue weighted by Gasteiger charge is 2.13. The second-order valence-corrected chi connectivity index (χ2v) is 4.31. The molecule has 0 bridgehead atoms. The van der Waals surface area contributed by atoms with Gasteiger partial charge in [0.05, 0.1) is 0 Å². The lowest BCUT2D eigenvalue weighted by molar-refractivity contribution is 0.150. The molecule has 0 aromatic heterocycles. The summed E-state index contributed by atoms with van der Waals surface area (Å²) in [5, 5.41) is 0. The van der Waals surface area contributed by atoms with Crippen LogP contribution in [0, 0.1) is 10.5 Å². The van der Waals surface area contributed by atoms with E-state index < -0.39 is 6.43 Å². The van der Waals surface area contributed by atoms with Gasteiger partial charge in [0, 0.05) is 13.6 Å². The zero-order chi connectivity index (χ0) is 9.30. The quantitative estimate of drug-likeness (QED) is 0.665. The summed E-state index contributed by atoms with van der Waals surface area (Å²) in [6.45, 7) is 1.82. The second kappa shape index (κ2) is 4.00. The lowest BCUT2D eigenvalue weighted by Gasteiger charge is -2.07. The first-order valence-electron chi connectivity index (χ1n) is 3.26. The van der Waals surface area contributed by atoms with Crippen molar-refractivity contribution in [1.29, 1.82) is 0 Å². The smallest absolute Gasteiger partial charge is 0.205 e.